The number of carbonyl (C=O) groups excluding carboxylic acids is 1. The first kappa shape index (κ1) is 45.7. The van der Waals surface area contributed by atoms with Gasteiger partial charge in [0.1, 0.15) is 29.9 Å². The maximum Gasteiger partial charge on any atom is 0.410 e. The van der Waals surface area contributed by atoms with Crippen molar-refractivity contribution in [3.05, 3.63) is 122 Å². The van der Waals surface area contributed by atoms with Gasteiger partial charge in [0.25, 0.3) is 11.4 Å². The molecule has 62 heavy (non-hydrogen) atoms. The van der Waals surface area contributed by atoms with E-state index in [-0.39, 0.29) is 74.3 Å². The number of aliphatic hydroxyl groups is 2. The summed E-state index contributed by atoms with van der Waals surface area (Å²) in [6, 6.07) is 16.7. The van der Waals surface area contributed by atoms with Crippen molar-refractivity contribution in [2.75, 3.05) is 33.0 Å². The van der Waals surface area contributed by atoms with Crippen LogP contribution in [0.15, 0.2) is 96.2 Å². The maximum atomic E-state index is 14.1. The summed E-state index contributed by atoms with van der Waals surface area (Å²) in [5.74, 6) is -1.29. The van der Waals surface area contributed by atoms with Crippen molar-refractivity contribution in [2.45, 2.75) is 89.6 Å². The number of aliphatic hydroxyl groups excluding tert-OH is 2. The Morgan fingerprint density at radius 3 is 2.37 bits per heavy atom. The molecule has 6 unspecified atom stereocenters. The topological polar surface area (TPSA) is 206 Å². The third-order valence-electron chi connectivity index (χ3n) is 11.8. The smallest absolute Gasteiger partial charge is 0.410 e. The normalized spacial score (nSPS) is 22.9. The van der Waals surface area contributed by atoms with E-state index in [1.807, 2.05) is 19.1 Å². The van der Waals surface area contributed by atoms with Gasteiger partial charge in [-0.2, -0.15) is 0 Å². The molecule has 1 saturated carbocycles. The monoisotopic (exact) mass is 856 g/mol. The molecule has 3 aromatic rings. The Labute approximate surface area is 361 Å². The number of rotatable bonds is 22. The fourth-order valence-electron chi connectivity index (χ4n) is 9.23. The molecule has 1 fully saturated rings. The Kier molecular flexibility index (Phi) is 15.7. The Balaban J connectivity index is 1.56. The van der Waals surface area contributed by atoms with Gasteiger partial charge in [0, 0.05) is 55.9 Å². The van der Waals surface area contributed by atoms with Crippen LogP contribution in [0.4, 0.5) is 16.2 Å². The minimum atomic E-state index is -1.50. The van der Waals surface area contributed by atoms with Crippen molar-refractivity contribution in [1.29, 1.82) is 0 Å². The quantitative estimate of drug-likeness (QED) is 0.0420. The van der Waals surface area contributed by atoms with E-state index in [0.29, 0.717) is 55.0 Å². The number of amides is 1. The highest BCUT2D eigenvalue weighted by Crippen LogP contribution is 2.62. The zero-order valence-electron chi connectivity index (χ0n) is 35.3. The molecule has 3 aromatic carbocycles. The van der Waals surface area contributed by atoms with E-state index >= 15 is 0 Å². The molecule has 6 rings (SSSR count). The molecule has 1 aliphatic heterocycles. The molecule has 16 nitrogen and oxygen atoms in total. The Morgan fingerprint density at radius 2 is 1.69 bits per heavy atom. The second kappa shape index (κ2) is 21.3. The van der Waals surface area contributed by atoms with E-state index in [4.69, 9.17) is 28.9 Å². The third-order valence-corrected chi connectivity index (χ3v) is 11.8. The first-order valence-corrected chi connectivity index (χ1v) is 21.4. The Morgan fingerprint density at radius 1 is 0.968 bits per heavy atom. The van der Waals surface area contributed by atoms with Crippen LogP contribution in [0.5, 0.6) is 17.2 Å². The Hall–Kier alpha value is -5.84. The van der Waals surface area contributed by atoms with Gasteiger partial charge in [0.05, 0.1) is 40.8 Å². The Bertz CT molecular complexity index is 2110. The number of oxime groups is 1. The number of hydrogen-bond donors (Lipinski definition) is 2. The molecule has 1 amide bonds. The fourth-order valence-corrected chi connectivity index (χ4v) is 9.23. The van der Waals surface area contributed by atoms with Crippen LogP contribution in [0.25, 0.3) is 0 Å². The van der Waals surface area contributed by atoms with Crippen LogP contribution in [0.1, 0.15) is 82.3 Å². The summed E-state index contributed by atoms with van der Waals surface area (Å²) in [4.78, 5) is 43.8. The number of nitro benzene ring substituents is 2. The van der Waals surface area contributed by atoms with Gasteiger partial charge in [-0.25, -0.2) is 4.79 Å². The number of non-ortho nitro benzene ring substituents is 2. The molecule has 0 spiro atoms. The average Bonchev–Trinajstić information content (AvgIpc) is 3.26. The van der Waals surface area contributed by atoms with Crippen molar-refractivity contribution in [1.82, 2.24) is 4.90 Å². The number of unbranched alkanes of at least 4 members (excludes halogenated alkanes) is 2. The lowest BCUT2D eigenvalue weighted by molar-refractivity contribution is -0.385. The van der Waals surface area contributed by atoms with E-state index in [9.17, 15) is 35.2 Å². The number of nitro groups is 2. The van der Waals surface area contributed by atoms with E-state index in [0.717, 1.165) is 30.4 Å². The molecular weight excluding hydrogens is 801 g/mol. The number of ether oxygens (including phenoxy) is 4. The van der Waals surface area contributed by atoms with Gasteiger partial charge in [0.2, 0.25) is 5.79 Å². The molecule has 3 aliphatic rings. The second-order valence-electron chi connectivity index (χ2n) is 15.7. The number of fused-ring (bicyclic) bond motifs is 2. The molecule has 2 N–H and O–H groups in total. The van der Waals surface area contributed by atoms with Gasteiger partial charge in [-0.3, -0.25) is 25.1 Å². The van der Waals surface area contributed by atoms with Crippen LogP contribution in [0, 0.1) is 38.0 Å². The maximum absolute atomic E-state index is 14.1. The SMILES string of the molecule is C=CCOC12Oc3ccc(Oc4cccc([N+](=O)[O-])c4)cc3C3C(CCCCO)C(CCCCO)C=C(C(=NOCc4ccc([N+](=O)[O-])cc4)CC1N(CCC)C(=O)OCC)C32. The molecular formula is C46H56N4O12. The summed E-state index contributed by atoms with van der Waals surface area (Å²) >= 11 is 0. The lowest BCUT2D eigenvalue weighted by atomic mass is 9.55. The molecule has 6 atom stereocenters. The van der Waals surface area contributed by atoms with Gasteiger partial charge in [-0.15, -0.1) is 6.58 Å². The van der Waals surface area contributed by atoms with Crippen molar-refractivity contribution >= 4 is 23.2 Å². The molecule has 0 saturated heterocycles. The highest BCUT2D eigenvalue weighted by Gasteiger charge is 2.65. The molecule has 16 heteroatoms. The minimum absolute atomic E-state index is 0.0174. The van der Waals surface area contributed by atoms with Gasteiger partial charge in [-0.1, -0.05) is 43.1 Å². The highest BCUT2D eigenvalue weighted by atomic mass is 16.7. The third kappa shape index (κ3) is 10.1. The second-order valence-corrected chi connectivity index (χ2v) is 15.7. The number of allylic oxidation sites excluding steroid dienone is 1. The molecule has 0 radical (unpaired) electrons. The van der Waals surface area contributed by atoms with E-state index < -0.39 is 33.7 Å². The summed E-state index contributed by atoms with van der Waals surface area (Å²) in [5, 5.41) is 47.5. The summed E-state index contributed by atoms with van der Waals surface area (Å²) in [6.45, 7) is 8.31. The number of hydrogen-bond acceptors (Lipinski definition) is 13. The summed E-state index contributed by atoms with van der Waals surface area (Å²) < 4.78 is 26.1. The fraction of sp³-hybridized carbons (Fsp3) is 0.478. The van der Waals surface area contributed by atoms with Crippen molar-refractivity contribution in [2.24, 2.45) is 22.9 Å². The van der Waals surface area contributed by atoms with Crippen LogP contribution in [0.2, 0.25) is 0 Å². The van der Waals surface area contributed by atoms with Gasteiger partial charge >= 0.3 is 6.09 Å². The lowest BCUT2D eigenvalue weighted by Gasteiger charge is -2.59. The molecule has 2 aliphatic carbocycles. The lowest BCUT2D eigenvalue weighted by Crippen LogP contribution is -2.70. The highest BCUT2D eigenvalue weighted by molar-refractivity contribution is 6.03. The van der Waals surface area contributed by atoms with Gasteiger partial charge in [0.15, 0.2) is 0 Å². The molecule has 0 bridgehead atoms. The van der Waals surface area contributed by atoms with Gasteiger partial charge in [-0.05, 0) is 98.4 Å². The number of carbonyl (C=O) groups is 1. The predicted molar refractivity (Wildman–Crippen MR) is 230 cm³/mol. The summed E-state index contributed by atoms with van der Waals surface area (Å²) in [5.41, 5.74) is 2.72. The number of benzene rings is 3. The van der Waals surface area contributed by atoms with E-state index in [1.165, 1.54) is 24.3 Å². The first-order valence-electron chi connectivity index (χ1n) is 21.4. The largest absolute Gasteiger partial charge is 0.459 e. The average molecular weight is 857 g/mol. The van der Waals surface area contributed by atoms with Crippen molar-refractivity contribution in [3.8, 4) is 17.2 Å². The van der Waals surface area contributed by atoms with Crippen LogP contribution < -0.4 is 9.47 Å². The zero-order chi connectivity index (χ0) is 44.2. The zero-order valence-corrected chi connectivity index (χ0v) is 35.3. The van der Waals surface area contributed by atoms with Crippen LogP contribution >= 0.6 is 0 Å². The summed E-state index contributed by atoms with van der Waals surface area (Å²) in [6.07, 6.45) is 8.20. The van der Waals surface area contributed by atoms with Crippen LogP contribution in [-0.4, -0.2) is 81.6 Å². The standard InChI is InChI=1S/C46H56N4O12/c1-4-22-48(45(53)58-6-3)42-29-40(47-60-30-31-16-18-33(19-17-31)49(54)55)38-26-32(12-7-9-23-51)37(15-8-10-24-52)43-39-28-36(61-35-14-11-13-34(27-35)50(56)57)20-21-41(39)62-46(42,44(38)43)59-25-5-2/h5,11,13-14,16-21,26-28,32,37,42-44,51-52H,2,4,6-10,12,15,22-25,29-30H2,1,3H3. The molecule has 0 aromatic heterocycles. The van der Waals surface area contributed by atoms with Crippen LogP contribution in [0.3, 0.4) is 0 Å². The minimum Gasteiger partial charge on any atom is -0.459 e. The first-order chi connectivity index (χ1) is 30.1. The van der Waals surface area contributed by atoms with Crippen LogP contribution in [-0.2, 0) is 20.9 Å². The molecule has 332 valence electrons. The van der Waals surface area contributed by atoms with Crippen molar-refractivity contribution < 1.29 is 48.6 Å². The van der Waals surface area contributed by atoms with Gasteiger partial charge < -0.3 is 34.0 Å². The van der Waals surface area contributed by atoms with E-state index in [2.05, 4.69) is 12.7 Å². The van der Waals surface area contributed by atoms with Crippen molar-refractivity contribution in [3.63, 3.8) is 0 Å². The molecule has 1 heterocycles. The number of nitrogens with zero attached hydrogens (tertiary/aromatic N) is 4. The predicted octanol–water partition coefficient (Wildman–Crippen LogP) is 9.00. The van der Waals surface area contributed by atoms with E-state index in [1.54, 1.807) is 48.2 Å². The summed E-state index contributed by atoms with van der Waals surface area (Å²) in [7, 11) is 0.